The first-order chi connectivity index (χ1) is 10.1. The van der Waals surface area contributed by atoms with Gasteiger partial charge in [-0.05, 0) is 62.8 Å². The Bertz CT molecular complexity index is 752. The average molecular weight is 430 g/mol. The molecule has 0 aliphatic carbocycles. The van der Waals surface area contributed by atoms with E-state index in [4.69, 9.17) is 17.3 Å². The van der Waals surface area contributed by atoms with Crippen LogP contribution >= 0.6 is 43.5 Å². The minimum absolute atomic E-state index is 0.520. The minimum Gasteiger partial charge on any atom is -0.398 e. The smallest absolute Gasteiger partial charge is 0.189 e. The van der Waals surface area contributed by atoms with Crippen LogP contribution in [0, 0.1) is 0 Å². The van der Waals surface area contributed by atoms with Crippen molar-refractivity contribution in [3.05, 3.63) is 50.4 Å². The number of hydrogen-bond acceptors (Lipinski definition) is 4. The van der Waals surface area contributed by atoms with E-state index in [1.165, 1.54) is 0 Å². The van der Waals surface area contributed by atoms with Gasteiger partial charge in [-0.1, -0.05) is 27.5 Å². The third kappa shape index (κ3) is 2.81. The fourth-order valence-corrected chi connectivity index (χ4v) is 3.30. The summed E-state index contributed by atoms with van der Waals surface area (Å²) in [6.07, 6.45) is 0. The summed E-state index contributed by atoms with van der Waals surface area (Å²) in [4.78, 5) is 0. The molecule has 0 atom stereocenters. The van der Waals surface area contributed by atoms with Crippen molar-refractivity contribution in [2.24, 2.45) is 0 Å². The van der Waals surface area contributed by atoms with Gasteiger partial charge in [-0.15, -0.1) is 5.10 Å². The lowest BCUT2D eigenvalue weighted by atomic mass is 10.1. The van der Waals surface area contributed by atoms with Gasteiger partial charge in [-0.2, -0.15) is 4.68 Å². The molecule has 0 amide bonds. The van der Waals surface area contributed by atoms with Gasteiger partial charge < -0.3 is 5.73 Å². The number of tetrazole rings is 1. The molecule has 2 N–H and O–H groups in total. The lowest BCUT2D eigenvalue weighted by Gasteiger charge is -2.09. The van der Waals surface area contributed by atoms with Gasteiger partial charge >= 0.3 is 0 Å². The first-order valence-corrected chi connectivity index (χ1v) is 7.82. The van der Waals surface area contributed by atoms with Crippen molar-refractivity contribution in [1.82, 2.24) is 20.2 Å². The van der Waals surface area contributed by atoms with Gasteiger partial charge in [0, 0.05) is 25.2 Å². The highest BCUT2D eigenvalue weighted by Gasteiger charge is 2.15. The predicted molar refractivity (Wildman–Crippen MR) is 89.4 cm³/mol. The fraction of sp³-hybridized carbons (Fsp3) is 0. The van der Waals surface area contributed by atoms with Gasteiger partial charge in [-0.3, -0.25) is 0 Å². The molecule has 0 fully saturated rings. The summed E-state index contributed by atoms with van der Waals surface area (Å²) in [5, 5.41) is 12.4. The Labute approximate surface area is 142 Å². The largest absolute Gasteiger partial charge is 0.398 e. The van der Waals surface area contributed by atoms with Gasteiger partial charge in [0.05, 0.1) is 5.69 Å². The first-order valence-electron chi connectivity index (χ1n) is 5.85. The summed E-state index contributed by atoms with van der Waals surface area (Å²) in [6.45, 7) is 0. The molecule has 8 heteroatoms. The van der Waals surface area contributed by atoms with Crippen LogP contribution in [-0.2, 0) is 0 Å². The van der Waals surface area contributed by atoms with Crippen LogP contribution in [-0.4, -0.2) is 20.2 Å². The SMILES string of the molecule is Nc1cc(Cl)ccc1-c1nnnn1-c1ccc(Br)cc1Br. The number of rotatable bonds is 2. The number of hydrogen-bond donors (Lipinski definition) is 1. The molecule has 0 unspecified atom stereocenters. The number of nitrogens with two attached hydrogens (primary N) is 1. The second kappa shape index (κ2) is 5.75. The number of benzene rings is 2. The van der Waals surface area contributed by atoms with Crippen molar-refractivity contribution in [3.8, 4) is 17.1 Å². The molecule has 0 bridgehead atoms. The number of nitrogen functional groups attached to an aromatic ring is 1. The van der Waals surface area contributed by atoms with Gasteiger partial charge in [0.25, 0.3) is 0 Å². The molecule has 3 rings (SSSR count). The molecule has 1 heterocycles. The highest BCUT2D eigenvalue weighted by atomic mass is 79.9. The summed E-state index contributed by atoms with van der Waals surface area (Å²) in [5.74, 6) is 0.548. The molecule has 5 nitrogen and oxygen atoms in total. The van der Waals surface area contributed by atoms with Gasteiger partial charge in [-0.25, -0.2) is 0 Å². The Morgan fingerprint density at radius 1 is 1.10 bits per heavy atom. The summed E-state index contributed by atoms with van der Waals surface area (Å²) in [5.41, 5.74) is 8.06. The number of nitrogens with zero attached hydrogens (tertiary/aromatic N) is 4. The zero-order valence-electron chi connectivity index (χ0n) is 10.5. The molecule has 0 saturated carbocycles. The van der Waals surface area contributed by atoms with Crippen LogP contribution in [0.15, 0.2) is 45.3 Å². The summed E-state index contributed by atoms with van der Waals surface area (Å²) in [6, 6.07) is 11.0. The van der Waals surface area contributed by atoms with Crippen LogP contribution in [0.1, 0.15) is 0 Å². The normalized spacial score (nSPS) is 10.8. The van der Waals surface area contributed by atoms with E-state index < -0.39 is 0 Å². The zero-order chi connectivity index (χ0) is 15.0. The van der Waals surface area contributed by atoms with Crippen molar-refractivity contribution in [2.45, 2.75) is 0 Å². The summed E-state index contributed by atoms with van der Waals surface area (Å²) in [7, 11) is 0. The van der Waals surface area contributed by atoms with E-state index in [2.05, 4.69) is 47.4 Å². The Morgan fingerprint density at radius 3 is 2.62 bits per heavy atom. The Kier molecular flexibility index (Phi) is 3.97. The molecular weight excluding hydrogens is 421 g/mol. The molecule has 2 aromatic carbocycles. The maximum atomic E-state index is 6.01. The van der Waals surface area contributed by atoms with Crippen molar-refractivity contribution in [3.63, 3.8) is 0 Å². The fourth-order valence-electron chi connectivity index (χ4n) is 1.91. The number of aromatic nitrogens is 4. The Hall–Kier alpha value is -1.44. The summed E-state index contributed by atoms with van der Waals surface area (Å²) >= 11 is 12.9. The minimum atomic E-state index is 0.520. The molecule has 0 aliphatic heterocycles. The molecule has 1 aromatic heterocycles. The molecular formula is C13H8Br2ClN5. The van der Waals surface area contributed by atoms with E-state index in [-0.39, 0.29) is 0 Å². The molecule has 0 saturated heterocycles. The number of anilines is 1. The molecule has 106 valence electrons. The Morgan fingerprint density at radius 2 is 1.90 bits per heavy atom. The highest BCUT2D eigenvalue weighted by molar-refractivity contribution is 9.11. The molecule has 21 heavy (non-hydrogen) atoms. The average Bonchev–Trinajstić information content (AvgIpc) is 2.87. The van der Waals surface area contributed by atoms with Crippen LogP contribution in [0.3, 0.4) is 0 Å². The van der Waals surface area contributed by atoms with Crippen LogP contribution in [0.4, 0.5) is 5.69 Å². The van der Waals surface area contributed by atoms with E-state index in [1.54, 1.807) is 22.9 Å². The Balaban J connectivity index is 2.17. The topological polar surface area (TPSA) is 69.6 Å². The van der Waals surface area contributed by atoms with E-state index in [0.29, 0.717) is 16.5 Å². The second-order valence-electron chi connectivity index (χ2n) is 4.24. The van der Waals surface area contributed by atoms with Crippen LogP contribution in [0.2, 0.25) is 5.02 Å². The van der Waals surface area contributed by atoms with Gasteiger partial charge in [0.1, 0.15) is 0 Å². The molecule has 0 spiro atoms. The van der Waals surface area contributed by atoms with E-state index in [0.717, 1.165) is 20.2 Å². The standard InChI is InChI=1S/C13H8Br2ClN5/c14-7-1-4-12(10(15)5-7)21-13(18-19-20-21)9-3-2-8(16)6-11(9)17/h1-6H,17H2. The maximum absolute atomic E-state index is 6.01. The molecule has 3 aromatic rings. The van der Waals surface area contributed by atoms with Crippen molar-refractivity contribution in [1.29, 1.82) is 0 Å². The van der Waals surface area contributed by atoms with Crippen molar-refractivity contribution in [2.75, 3.05) is 5.73 Å². The maximum Gasteiger partial charge on any atom is 0.189 e. The van der Waals surface area contributed by atoms with E-state index in [1.807, 2.05) is 18.2 Å². The van der Waals surface area contributed by atoms with E-state index in [9.17, 15) is 0 Å². The lowest BCUT2D eigenvalue weighted by Crippen LogP contribution is -2.02. The third-order valence-electron chi connectivity index (χ3n) is 2.86. The first kappa shape index (κ1) is 14.5. The van der Waals surface area contributed by atoms with Crippen LogP contribution in [0.25, 0.3) is 17.1 Å². The van der Waals surface area contributed by atoms with Crippen molar-refractivity contribution < 1.29 is 0 Å². The number of halogens is 3. The highest BCUT2D eigenvalue weighted by Crippen LogP contribution is 2.31. The molecule has 0 radical (unpaired) electrons. The van der Waals surface area contributed by atoms with Crippen LogP contribution in [0.5, 0.6) is 0 Å². The van der Waals surface area contributed by atoms with Gasteiger partial charge in [0.15, 0.2) is 5.82 Å². The van der Waals surface area contributed by atoms with Crippen LogP contribution < -0.4 is 5.73 Å². The lowest BCUT2D eigenvalue weighted by molar-refractivity contribution is 0.789. The zero-order valence-corrected chi connectivity index (χ0v) is 14.4. The van der Waals surface area contributed by atoms with Crippen molar-refractivity contribution >= 4 is 49.1 Å². The van der Waals surface area contributed by atoms with Gasteiger partial charge in [0.2, 0.25) is 0 Å². The monoisotopic (exact) mass is 427 g/mol. The predicted octanol–water partition coefficient (Wildman–Crippen LogP) is 4.09. The second-order valence-corrected chi connectivity index (χ2v) is 6.45. The summed E-state index contributed by atoms with van der Waals surface area (Å²) < 4.78 is 3.44. The molecule has 0 aliphatic rings. The van der Waals surface area contributed by atoms with E-state index >= 15 is 0 Å². The third-order valence-corrected chi connectivity index (χ3v) is 4.23. The quantitative estimate of drug-likeness (QED) is 0.623.